The van der Waals surface area contributed by atoms with Gasteiger partial charge in [-0.3, -0.25) is 9.10 Å². The van der Waals surface area contributed by atoms with Gasteiger partial charge in [0.2, 0.25) is 0 Å². The largest absolute Gasteiger partial charge is 0.495 e. The molecule has 1 aliphatic heterocycles. The summed E-state index contributed by atoms with van der Waals surface area (Å²) in [5.74, 6) is 0.725. The van der Waals surface area contributed by atoms with E-state index in [-0.39, 0.29) is 10.8 Å². The maximum absolute atomic E-state index is 13.2. The zero-order valence-electron chi connectivity index (χ0n) is 18.4. The summed E-state index contributed by atoms with van der Waals surface area (Å²) in [7, 11) is -0.836. The molecule has 0 aliphatic carbocycles. The quantitative estimate of drug-likeness (QED) is 0.566. The summed E-state index contributed by atoms with van der Waals surface area (Å²) in [5, 5.41) is 0. The lowest BCUT2D eigenvalue weighted by atomic mass is 9.91. The number of hydrogen-bond acceptors (Lipinski definition) is 4. The third-order valence-corrected chi connectivity index (χ3v) is 7.76. The molecule has 0 bridgehead atoms. The van der Waals surface area contributed by atoms with Crippen LogP contribution in [0.15, 0.2) is 77.7 Å². The monoisotopic (exact) mass is 450 g/mol. The van der Waals surface area contributed by atoms with Gasteiger partial charge < -0.3 is 9.64 Å². The molecule has 0 saturated carbocycles. The van der Waals surface area contributed by atoms with Gasteiger partial charge in [-0.05, 0) is 60.4 Å². The normalized spacial score (nSPS) is 15.7. The van der Waals surface area contributed by atoms with Crippen molar-refractivity contribution in [3.05, 3.63) is 83.9 Å². The summed E-state index contributed by atoms with van der Waals surface area (Å²) in [4.78, 5) is 15.1. The van der Waals surface area contributed by atoms with E-state index in [1.54, 1.807) is 41.3 Å². The first-order valence-corrected chi connectivity index (χ1v) is 11.9. The van der Waals surface area contributed by atoms with E-state index in [4.69, 9.17) is 4.74 Å². The average Bonchev–Trinajstić information content (AvgIpc) is 2.83. The van der Waals surface area contributed by atoms with Gasteiger partial charge in [0.25, 0.3) is 15.9 Å². The summed E-state index contributed by atoms with van der Waals surface area (Å²) in [6.07, 6.45) is 0.888. The summed E-state index contributed by atoms with van der Waals surface area (Å²) < 4.78 is 32.8. The Kier molecular flexibility index (Phi) is 5.93. The van der Waals surface area contributed by atoms with Crippen molar-refractivity contribution in [2.45, 2.75) is 24.2 Å². The van der Waals surface area contributed by atoms with Crippen molar-refractivity contribution in [2.24, 2.45) is 0 Å². The van der Waals surface area contributed by atoms with Gasteiger partial charge in [0.15, 0.2) is 0 Å². The smallest absolute Gasteiger partial charge is 0.264 e. The van der Waals surface area contributed by atoms with E-state index in [0.717, 1.165) is 17.7 Å². The first-order valence-electron chi connectivity index (χ1n) is 10.5. The molecule has 1 amide bonds. The molecule has 0 radical (unpaired) electrons. The van der Waals surface area contributed by atoms with Crippen molar-refractivity contribution in [2.75, 3.05) is 29.9 Å². The van der Waals surface area contributed by atoms with Gasteiger partial charge in [-0.25, -0.2) is 8.42 Å². The summed E-state index contributed by atoms with van der Waals surface area (Å²) in [5.41, 5.74) is 2.97. The van der Waals surface area contributed by atoms with Crippen molar-refractivity contribution in [1.82, 2.24) is 0 Å². The Labute approximate surface area is 189 Å². The number of ether oxygens (including phenoxy) is 1. The Morgan fingerprint density at radius 3 is 2.38 bits per heavy atom. The number of amides is 1. The van der Waals surface area contributed by atoms with E-state index >= 15 is 0 Å². The molecule has 0 fully saturated rings. The molecule has 0 saturated heterocycles. The second-order valence-corrected chi connectivity index (χ2v) is 9.84. The maximum atomic E-state index is 13.2. The van der Waals surface area contributed by atoms with Crippen LogP contribution in [-0.4, -0.2) is 35.0 Å². The van der Waals surface area contributed by atoms with Crippen LogP contribution in [0.25, 0.3) is 0 Å². The first kappa shape index (κ1) is 21.9. The highest BCUT2D eigenvalue weighted by Crippen LogP contribution is 2.36. The lowest BCUT2D eigenvalue weighted by Gasteiger charge is -2.33. The fraction of sp³-hybridized carbons (Fsp3) is 0.240. The molecule has 1 atom stereocenters. The molecule has 166 valence electrons. The number of nitrogens with zero attached hydrogens (tertiary/aromatic N) is 2. The standard InChI is InChI=1S/C25H26N2O4S/c1-18-16-17-27(22-9-5-4-8-21(18)22)25(28)19-12-14-20(15-13-19)32(29,30)26(2)23-10-6-7-11-24(23)31-3/h4-15,18H,16-17H2,1-3H3. The average molecular weight is 451 g/mol. The summed E-state index contributed by atoms with van der Waals surface area (Å²) in [6.45, 7) is 2.80. The molecular formula is C25H26N2O4S. The van der Waals surface area contributed by atoms with Crippen LogP contribution in [0, 0.1) is 0 Å². The van der Waals surface area contributed by atoms with E-state index in [1.165, 1.54) is 30.6 Å². The van der Waals surface area contributed by atoms with Crippen LogP contribution >= 0.6 is 0 Å². The molecule has 7 heteroatoms. The van der Waals surface area contributed by atoms with Gasteiger partial charge in [-0.1, -0.05) is 37.3 Å². The van der Waals surface area contributed by atoms with Crippen LogP contribution in [0.1, 0.15) is 35.2 Å². The molecule has 4 rings (SSSR count). The Balaban J connectivity index is 1.61. The minimum atomic E-state index is -3.82. The molecule has 3 aromatic carbocycles. The second kappa shape index (κ2) is 8.67. The van der Waals surface area contributed by atoms with Crippen molar-refractivity contribution >= 4 is 27.3 Å². The highest BCUT2D eigenvalue weighted by atomic mass is 32.2. The van der Waals surface area contributed by atoms with Crippen molar-refractivity contribution < 1.29 is 17.9 Å². The lowest BCUT2D eigenvalue weighted by Crippen LogP contribution is -2.36. The van der Waals surface area contributed by atoms with Gasteiger partial charge in [0, 0.05) is 24.8 Å². The van der Waals surface area contributed by atoms with E-state index < -0.39 is 10.0 Å². The molecule has 32 heavy (non-hydrogen) atoms. The summed E-state index contributed by atoms with van der Waals surface area (Å²) >= 11 is 0. The zero-order chi connectivity index (χ0) is 22.9. The molecule has 1 heterocycles. The highest BCUT2D eigenvalue weighted by Gasteiger charge is 2.28. The van der Waals surface area contributed by atoms with Gasteiger partial charge >= 0.3 is 0 Å². The van der Waals surface area contributed by atoms with Crippen molar-refractivity contribution in [3.63, 3.8) is 0 Å². The maximum Gasteiger partial charge on any atom is 0.264 e. The van der Waals surface area contributed by atoms with E-state index in [2.05, 4.69) is 13.0 Å². The molecule has 1 unspecified atom stereocenters. The predicted octanol–water partition coefficient (Wildman–Crippen LogP) is 4.67. The summed E-state index contributed by atoms with van der Waals surface area (Å²) in [6, 6.07) is 21.0. The van der Waals surface area contributed by atoms with Crippen LogP contribution in [0.5, 0.6) is 5.75 Å². The van der Waals surface area contributed by atoms with Crippen LogP contribution < -0.4 is 13.9 Å². The molecule has 0 aromatic heterocycles. The minimum absolute atomic E-state index is 0.107. The molecule has 0 N–H and O–H groups in total. The Morgan fingerprint density at radius 2 is 1.66 bits per heavy atom. The molecule has 3 aromatic rings. The molecule has 1 aliphatic rings. The van der Waals surface area contributed by atoms with Crippen molar-refractivity contribution in [3.8, 4) is 5.75 Å². The number of anilines is 2. The topological polar surface area (TPSA) is 66.9 Å². The number of methoxy groups -OCH3 is 1. The molecule has 0 spiro atoms. The highest BCUT2D eigenvalue weighted by molar-refractivity contribution is 7.92. The SMILES string of the molecule is COc1ccccc1N(C)S(=O)(=O)c1ccc(C(=O)N2CCC(C)c3ccccc32)cc1. The van der Waals surface area contributed by atoms with E-state index in [9.17, 15) is 13.2 Å². The second-order valence-electron chi connectivity index (χ2n) is 7.87. The van der Waals surface area contributed by atoms with Gasteiger partial charge in [-0.2, -0.15) is 0 Å². The van der Waals surface area contributed by atoms with Crippen LogP contribution in [0.2, 0.25) is 0 Å². The van der Waals surface area contributed by atoms with Gasteiger partial charge in [0.1, 0.15) is 5.75 Å². The number of carbonyl (C=O) groups is 1. The Morgan fingerprint density at radius 1 is 1.00 bits per heavy atom. The number of carbonyl (C=O) groups excluding carboxylic acids is 1. The molecule has 6 nitrogen and oxygen atoms in total. The minimum Gasteiger partial charge on any atom is -0.495 e. The van der Waals surface area contributed by atoms with Crippen LogP contribution in [0.4, 0.5) is 11.4 Å². The van der Waals surface area contributed by atoms with E-state index in [0.29, 0.717) is 29.5 Å². The molecular weight excluding hydrogens is 424 g/mol. The number of hydrogen-bond donors (Lipinski definition) is 0. The number of benzene rings is 3. The van der Waals surface area contributed by atoms with E-state index in [1.807, 2.05) is 18.2 Å². The van der Waals surface area contributed by atoms with Crippen LogP contribution in [-0.2, 0) is 10.0 Å². The first-order chi connectivity index (χ1) is 15.3. The lowest BCUT2D eigenvalue weighted by molar-refractivity contribution is 0.0984. The third kappa shape index (κ3) is 3.84. The number of rotatable bonds is 5. The zero-order valence-corrected chi connectivity index (χ0v) is 19.2. The number of fused-ring (bicyclic) bond motifs is 1. The fourth-order valence-corrected chi connectivity index (χ4v) is 5.27. The van der Waals surface area contributed by atoms with Crippen molar-refractivity contribution in [1.29, 1.82) is 0 Å². The third-order valence-electron chi connectivity index (χ3n) is 5.97. The number of sulfonamides is 1. The van der Waals surface area contributed by atoms with Gasteiger partial charge in [-0.15, -0.1) is 0 Å². The predicted molar refractivity (Wildman–Crippen MR) is 126 cm³/mol. The Bertz CT molecular complexity index is 1240. The fourth-order valence-electron chi connectivity index (χ4n) is 4.06. The van der Waals surface area contributed by atoms with Crippen LogP contribution in [0.3, 0.4) is 0 Å². The van der Waals surface area contributed by atoms with Gasteiger partial charge in [0.05, 0.1) is 17.7 Å². The Hall–Kier alpha value is -3.32. The number of para-hydroxylation sites is 3.